The van der Waals surface area contributed by atoms with E-state index in [4.69, 9.17) is 0 Å². The summed E-state index contributed by atoms with van der Waals surface area (Å²) in [5, 5.41) is 0. The minimum absolute atomic E-state index is 0.0893. The summed E-state index contributed by atoms with van der Waals surface area (Å²) >= 11 is 0. The summed E-state index contributed by atoms with van der Waals surface area (Å²) in [7, 11) is -3.66. The molecule has 0 bridgehead atoms. The quantitative estimate of drug-likeness (QED) is 0.853. The third-order valence-electron chi connectivity index (χ3n) is 4.78. The number of hydrogen-bond acceptors (Lipinski definition) is 3. The molecule has 1 amide bonds. The second-order valence-electron chi connectivity index (χ2n) is 7.13. The topological polar surface area (TPSA) is 66.5 Å². The molecule has 7 heteroatoms. The highest BCUT2D eigenvalue weighted by atomic mass is 32.2. The molecule has 144 valence electrons. The Morgan fingerprint density at radius 2 is 1.70 bits per heavy atom. The van der Waals surface area contributed by atoms with Crippen molar-refractivity contribution in [1.82, 2.24) is 4.72 Å². The van der Waals surface area contributed by atoms with Crippen molar-refractivity contribution in [3.8, 4) is 0 Å². The van der Waals surface area contributed by atoms with Gasteiger partial charge in [0.15, 0.2) is 0 Å². The van der Waals surface area contributed by atoms with Gasteiger partial charge in [0.1, 0.15) is 5.82 Å². The van der Waals surface area contributed by atoms with Gasteiger partial charge in [-0.25, -0.2) is 17.5 Å². The van der Waals surface area contributed by atoms with Crippen LogP contribution in [0.5, 0.6) is 0 Å². The molecule has 1 N–H and O–H groups in total. The molecule has 5 nitrogen and oxygen atoms in total. The van der Waals surface area contributed by atoms with E-state index in [1.165, 1.54) is 12.1 Å². The minimum atomic E-state index is -3.66. The molecule has 1 atom stereocenters. The molecule has 1 heterocycles. The Bertz CT molecular complexity index is 948. The number of carbonyl (C=O) groups is 1. The summed E-state index contributed by atoms with van der Waals surface area (Å²) in [5.41, 5.74) is 3.04. The fourth-order valence-corrected chi connectivity index (χ4v) is 5.24. The number of halogens is 1. The molecule has 0 aromatic heterocycles. The lowest BCUT2D eigenvalue weighted by molar-refractivity contribution is -0.117. The van der Waals surface area contributed by atoms with Gasteiger partial charge in [-0.15, -0.1) is 0 Å². The van der Waals surface area contributed by atoms with Gasteiger partial charge in [0, 0.05) is 25.2 Å². The number of carbonyl (C=O) groups excluding carboxylic acids is 1. The number of benzene rings is 2. The van der Waals surface area contributed by atoms with E-state index in [-0.39, 0.29) is 30.6 Å². The van der Waals surface area contributed by atoms with Crippen LogP contribution in [0.2, 0.25) is 0 Å². The van der Waals surface area contributed by atoms with Crippen molar-refractivity contribution in [2.75, 3.05) is 18.0 Å². The molecule has 3 rings (SSSR count). The van der Waals surface area contributed by atoms with Gasteiger partial charge in [-0.2, -0.15) is 0 Å². The van der Waals surface area contributed by atoms with E-state index in [0.29, 0.717) is 28.3 Å². The summed E-state index contributed by atoms with van der Waals surface area (Å²) in [4.78, 5) is 14.1. The predicted octanol–water partition coefficient (Wildman–Crippen LogP) is 3.08. The lowest BCUT2D eigenvalue weighted by atomic mass is 10.1. The number of aryl methyl sites for hydroxylation is 3. The molecular formula is C20H23FN2O3S. The summed E-state index contributed by atoms with van der Waals surface area (Å²) in [6, 6.07) is 9.41. The van der Waals surface area contributed by atoms with Crippen LogP contribution in [-0.4, -0.2) is 27.4 Å². The van der Waals surface area contributed by atoms with E-state index in [0.717, 1.165) is 5.56 Å². The number of sulfonamides is 1. The summed E-state index contributed by atoms with van der Waals surface area (Å²) in [5.74, 6) is -0.588. The molecule has 2 aromatic rings. The van der Waals surface area contributed by atoms with Crippen LogP contribution in [-0.2, 0) is 14.8 Å². The highest BCUT2D eigenvalue weighted by molar-refractivity contribution is 7.89. The number of hydrogen-bond donors (Lipinski definition) is 1. The molecule has 1 aliphatic rings. The van der Waals surface area contributed by atoms with Crippen LogP contribution in [0.4, 0.5) is 10.1 Å². The lowest BCUT2D eigenvalue weighted by Gasteiger charge is -2.17. The summed E-state index contributed by atoms with van der Waals surface area (Å²) < 4.78 is 41.2. The van der Waals surface area contributed by atoms with Gasteiger partial charge in [-0.3, -0.25) is 4.79 Å². The number of rotatable bonds is 5. The first-order chi connectivity index (χ1) is 12.7. The maximum Gasteiger partial charge on any atom is 0.241 e. The van der Waals surface area contributed by atoms with E-state index >= 15 is 0 Å². The molecule has 0 saturated carbocycles. The first-order valence-corrected chi connectivity index (χ1v) is 10.3. The standard InChI is InChI=1S/C20H23FN2O3S/c1-13-8-14(2)20(15(3)9-13)27(25,26)22-11-16-10-19(24)23(12-16)18-6-4-17(21)5-7-18/h4-9,16,22H,10-12H2,1-3H3/t16-/m1/s1. The molecule has 0 spiro atoms. The van der Waals surface area contributed by atoms with E-state index in [1.54, 1.807) is 30.9 Å². The van der Waals surface area contributed by atoms with Gasteiger partial charge in [-0.1, -0.05) is 17.7 Å². The largest absolute Gasteiger partial charge is 0.312 e. The van der Waals surface area contributed by atoms with Crippen LogP contribution in [0.1, 0.15) is 23.1 Å². The molecule has 1 saturated heterocycles. The van der Waals surface area contributed by atoms with Gasteiger partial charge in [0.05, 0.1) is 4.90 Å². The van der Waals surface area contributed by atoms with E-state index in [9.17, 15) is 17.6 Å². The summed E-state index contributed by atoms with van der Waals surface area (Å²) in [6.45, 7) is 6.07. The minimum Gasteiger partial charge on any atom is -0.312 e. The van der Waals surface area contributed by atoms with Crippen LogP contribution < -0.4 is 9.62 Å². The average Bonchev–Trinajstić information content (AvgIpc) is 2.93. The van der Waals surface area contributed by atoms with Crippen LogP contribution in [0.3, 0.4) is 0 Å². The predicted molar refractivity (Wildman–Crippen MR) is 103 cm³/mol. The fraction of sp³-hybridized carbons (Fsp3) is 0.350. The van der Waals surface area contributed by atoms with Gasteiger partial charge in [0.25, 0.3) is 0 Å². The van der Waals surface area contributed by atoms with Crippen molar-refractivity contribution < 1.29 is 17.6 Å². The first-order valence-electron chi connectivity index (χ1n) is 8.81. The zero-order chi connectivity index (χ0) is 19.8. The van der Waals surface area contributed by atoms with Crippen molar-refractivity contribution in [3.05, 3.63) is 58.9 Å². The Balaban J connectivity index is 1.70. The third-order valence-corrected chi connectivity index (χ3v) is 6.51. The molecule has 0 unspecified atom stereocenters. The molecule has 1 fully saturated rings. The molecule has 0 aliphatic carbocycles. The Morgan fingerprint density at radius 1 is 1.11 bits per heavy atom. The average molecular weight is 390 g/mol. The van der Waals surface area contributed by atoms with Crippen molar-refractivity contribution >= 4 is 21.6 Å². The maximum absolute atomic E-state index is 13.1. The van der Waals surface area contributed by atoms with Crippen molar-refractivity contribution in [2.45, 2.75) is 32.1 Å². The van der Waals surface area contributed by atoms with Gasteiger partial charge in [-0.05, 0) is 62.1 Å². The Labute approximate surface area is 159 Å². The van der Waals surface area contributed by atoms with Crippen LogP contribution in [0.15, 0.2) is 41.3 Å². The fourth-order valence-electron chi connectivity index (χ4n) is 3.68. The molecule has 0 radical (unpaired) electrons. The highest BCUT2D eigenvalue weighted by Gasteiger charge is 2.32. The number of nitrogens with one attached hydrogen (secondary N) is 1. The number of anilines is 1. The molecular weight excluding hydrogens is 367 g/mol. The lowest BCUT2D eigenvalue weighted by Crippen LogP contribution is -2.32. The number of amides is 1. The van der Waals surface area contributed by atoms with Gasteiger partial charge < -0.3 is 4.90 Å². The highest BCUT2D eigenvalue weighted by Crippen LogP contribution is 2.26. The molecule has 2 aromatic carbocycles. The maximum atomic E-state index is 13.1. The zero-order valence-electron chi connectivity index (χ0n) is 15.6. The smallest absolute Gasteiger partial charge is 0.241 e. The SMILES string of the molecule is Cc1cc(C)c(S(=O)(=O)NC[C@H]2CC(=O)N(c3ccc(F)cc3)C2)c(C)c1. The van der Waals surface area contributed by atoms with Crippen LogP contribution in [0.25, 0.3) is 0 Å². The van der Waals surface area contributed by atoms with Gasteiger partial charge in [0.2, 0.25) is 15.9 Å². The summed E-state index contributed by atoms with van der Waals surface area (Å²) in [6.07, 6.45) is 0.256. The Morgan fingerprint density at radius 3 is 2.30 bits per heavy atom. The van der Waals surface area contributed by atoms with Crippen LogP contribution >= 0.6 is 0 Å². The Hall–Kier alpha value is -2.25. The second-order valence-corrected chi connectivity index (χ2v) is 8.83. The third kappa shape index (κ3) is 4.20. The normalized spacial score (nSPS) is 17.6. The van der Waals surface area contributed by atoms with E-state index in [1.807, 2.05) is 19.1 Å². The van der Waals surface area contributed by atoms with Gasteiger partial charge >= 0.3 is 0 Å². The van der Waals surface area contributed by atoms with E-state index < -0.39 is 10.0 Å². The zero-order valence-corrected chi connectivity index (χ0v) is 16.4. The monoisotopic (exact) mass is 390 g/mol. The van der Waals surface area contributed by atoms with E-state index in [2.05, 4.69) is 4.72 Å². The number of nitrogens with zero attached hydrogens (tertiary/aromatic N) is 1. The van der Waals surface area contributed by atoms with Crippen molar-refractivity contribution in [3.63, 3.8) is 0 Å². The van der Waals surface area contributed by atoms with Crippen molar-refractivity contribution in [1.29, 1.82) is 0 Å². The molecule has 1 aliphatic heterocycles. The molecule has 27 heavy (non-hydrogen) atoms. The Kier molecular flexibility index (Phi) is 5.35. The second kappa shape index (κ2) is 7.40. The van der Waals surface area contributed by atoms with Crippen LogP contribution in [0, 0.1) is 32.5 Å². The van der Waals surface area contributed by atoms with Crippen molar-refractivity contribution in [2.24, 2.45) is 5.92 Å². The first kappa shape index (κ1) is 19.5.